The molecule has 5 nitrogen and oxygen atoms in total. The number of hydrogen-bond acceptors (Lipinski definition) is 4. The SMILES string of the molecule is C=Nc1ccccc1C(=C)N(C)CCC(C)OC(=O)Nc1ccc(C(C)C)cc1. The number of benzene rings is 2. The molecule has 0 heterocycles. The third-order valence-corrected chi connectivity index (χ3v) is 4.85. The molecule has 0 saturated carbocycles. The molecule has 29 heavy (non-hydrogen) atoms. The number of carbonyl (C=O) groups is 1. The number of para-hydroxylation sites is 1. The van der Waals surface area contributed by atoms with E-state index in [1.807, 2.05) is 67.4 Å². The lowest BCUT2D eigenvalue weighted by Gasteiger charge is -2.24. The van der Waals surface area contributed by atoms with Crippen molar-refractivity contribution in [3.8, 4) is 0 Å². The summed E-state index contributed by atoms with van der Waals surface area (Å²) >= 11 is 0. The van der Waals surface area contributed by atoms with Gasteiger partial charge in [0.2, 0.25) is 0 Å². The van der Waals surface area contributed by atoms with E-state index in [2.05, 4.69) is 37.5 Å². The van der Waals surface area contributed by atoms with Gasteiger partial charge in [-0.1, -0.05) is 50.8 Å². The second-order valence-electron chi connectivity index (χ2n) is 7.45. The highest BCUT2D eigenvalue weighted by atomic mass is 16.6. The zero-order chi connectivity index (χ0) is 21.4. The highest BCUT2D eigenvalue weighted by Crippen LogP contribution is 2.26. The molecule has 1 atom stereocenters. The predicted octanol–water partition coefficient (Wildman–Crippen LogP) is 6.07. The Morgan fingerprint density at radius 2 is 1.79 bits per heavy atom. The van der Waals surface area contributed by atoms with E-state index in [1.165, 1.54) is 5.56 Å². The largest absolute Gasteiger partial charge is 0.446 e. The molecule has 1 N–H and O–H groups in total. The molecule has 0 aromatic heterocycles. The van der Waals surface area contributed by atoms with Crippen LogP contribution in [0.25, 0.3) is 5.70 Å². The first-order valence-corrected chi connectivity index (χ1v) is 9.85. The summed E-state index contributed by atoms with van der Waals surface area (Å²) in [5, 5.41) is 2.78. The Bertz CT molecular complexity index is 843. The molecule has 0 fully saturated rings. The van der Waals surface area contributed by atoms with E-state index >= 15 is 0 Å². The molecule has 2 aromatic carbocycles. The van der Waals surface area contributed by atoms with Crippen molar-refractivity contribution in [1.29, 1.82) is 0 Å². The van der Waals surface area contributed by atoms with Crippen LogP contribution in [-0.4, -0.2) is 37.4 Å². The van der Waals surface area contributed by atoms with Crippen molar-refractivity contribution in [2.45, 2.75) is 39.2 Å². The smallest absolute Gasteiger partial charge is 0.411 e. The number of carbonyl (C=O) groups excluding carboxylic acids is 1. The van der Waals surface area contributed by atoms with Crippen molar-refractivity contribution in [2.24, 2.45) is 4.99 Å². The number of ether oxygens (including phenoxy) is 1. The summed E-state index contributed by atoms with van der Waals surface area (Å²) in [6.45, 7) is 14.6. The number of hydrogen-bond donors (Lipinski definition) is 1. The first kappa shape index (κ1) is 22.2. The first-order valence-electron chi connectivity index (χ1n) is 9.85. The van der Waals surface area contributed by atoms with Crippen molar-refractivity contribution in [3.05, 3.63) is 66.2 Å². The first-order chi connectivity index (χ1) is 13.8. The molecule has 1 amide bonds. The van der Waals surface area contributed by atoms with E-state index in [0.717, 1.165) is 22.6 Å². The molecule has 0 spiro atoms. The Labute approximate surface area is 174 Å². The second-order valence-corrected chi connectivity index (χ2v) is 7.45. The van der Waals surface area contributed by atoms with E-state index in [0.29, 0.717) is 18.9 Å². The highest BCUT2D eigenvalue weighted by Gasteiger charge is 2.13. The van der Waals surface area contributed by atoms with E-state index in [1.54, 1.807) is 0 Å². The van der Waals surface area contributed by atoms with Crippen LogP contribution in [0.15, 0.2) is 60.1 Å². The molecule has 2 aromatic rings. The minimum atomic E-state index is -0.447. The van der Waals surface area contributed by atoms with Crippen LogP contribution in [0.2, 0.25) is 0 Å². The fourth-order valence-electron chi connectivity index (χ4n) is 2.91. The molecule has 0 aliphatic rings. The summed E-state index contributed by atoms with van der Waals surface area (Å²) in [5.41, 5.74) is 4.56. The van der Waals surface area contributed by atoms with Gasteiger partial charge in [0, 0.05) is 37.0 Å². The second kappa shape index (κ2) is 10.5. The molecule has 0 saturated heterocycles. The van der Waals surface area contributed by atoms with Crippen molar-refractivity contribution in [2.75, 3.05) is 18.9 Å². The number of amides is 1. The van der Waals surface area contributed by atoms with Crippen LogP contribution < -0.4 is 5.32 Å². The monoisotopic (exact) mass is 393 g/mol. The Morgan fingerprint density at radius 3 is 2.41 bits per heavy atom. The predicted molar refractivity (Wildman–Crippen MR) is 122 cm³/mol. The van der Waals surface area contributed by atoms with Crippen LogP contribution in [0.4, 0.5) is 16.2 Å². The standard InChI is InChI=1S/C24H31N3O2/c1-17(2)20-11-13-21(14-12-20)26-24(28)29-18(3)15-16-27(6)19(4)22-9-7-8-10-23(22)25-5/h7-14,17-18H,4-5,15-16H2,1-3,6H3,(H,26,28). The van der Waals surface area contributed by atoms with Gasteiger partial charge >= 0.3 is 6.09 Å². The van der Waals surface area contributed by atoms with Crippen molar-refractivity contribution < 1.29 is 9.53 Å². The van der Waals surface area contributed by atoms with Gasteiger partial charge in [-0.15, -0.1) is 0 Å². The number of nitrogens with zero attached hydrogens (tertiary/aromatic N) is 2. The van der Waals surface area contributed by atoms with Gasteiger partial charge in [-0.3, -0.25) is 10.3 Å². The van der Waals surface area contributed by atoms with Gasteiger partial charge in [0.25, 0.3) is 0 Å². The fraction of sp³-hybridized carbons (Fsp3) is 0.333. The van der Waals surface area contributed by atoms with Gasteiger partial charge in [-0.2, -0.15) is 0 Å². The molecule has 0 aliphatic carbocycles. The number of nitrogens with one attached hydrogen (secondary N) is 1. The minimum Gasteiger partial charge on any atom is -0.446 e. The minimum absolute atomic E-state index is 0.229. The normalized spacial score (nSPS) is 11.6. The maximum atomic E-state index is 12.1. The van der Waals surface area contributed by atoms with Crippen LogP contribution in [0.3, 0.4) is 0 Å². The molecule has 0 aliphatic heterocycles. The van der Waals surface area contributed by atoms with Crippen molar-refractivity contribution in [3.63, 3.8) is 0 Å². The summed E-state index contributed by atoms with van der Waals surface area (Å²) in [6, 6.07) is 15.6. The highest BCUT2D eigenvalue weighted by molar-refractivity contribution is 5.84. The van der Waals surface area contributed by atoms with E-state index < -0.39 is 6.09 Å². The van der Waals surface area contributed by atoms with E-state index in [4.69, 9.17) is 4.74 Å². The van der Waals surface area contributed by atoms with E-state index in [-0.39, 0.29) is 6.10 Å². The quantitative estimate of drug-likeness (QED) is 0.526. The summed E-state index contributed by atoms with van der Waals surface area (Å²) in [5.74, 6) is 0.456. The zero-order valence-electron chi connectivity index (χ0n) is 17.8. The molecule has 154 valence electrons. The molecule has 0 bridgehead atoms. The summed E-state index contributed by atoms with van der Waals surface area (Å²) in [4.78, 5) is 18.2. The number of aliphatic imine (C=N–C) groups is 1. The van der Waals surface area contributed by atoms with Crippen LogP contribution in [-0.2, 0) is 4.74 Å². The van der Waals surface area contributed by atoms with Crippen LogP contribution in [0.5, 0.6) is 0 Å². The summed E-state index contributed by atoms with van der Waals surface area (Å²) < 4.78 is 5.48. The summed E-state index contributed by atoms with van der Waals surface area (Å²) in [7, 11) is 1.96. The molecule has 1 unspecified atom stereocenters. The van der Waals surface area contributed by atoms with Gasteiger partial charge in [-0.25, -0.2) is 4.79 Å². The van der Waals surface area contributed by atoms with Gasteiger partial charge in [-0.05, 0) is 43.3 Å². The lowest BCUT2D eigenvalue weighted by molar-refractivity contribution is 0.112. The van der Waals surface area contributed by atoms with E-state index in [9.17, 15) is 4.79 Å². The molecule has 0 radical (unpaired) electrons. The van der Waals surface area contributed by atoms with Gasteiger partial charge in [0.1, 0.15) is 6.10 Å². The Morgan fingerprint density at radius 1 is 1.14 bits per heavy atom. The molecule has 2 rings (SSSR count). The maximum absolute atomic E-state index is 12.1. The lowest BCUT2D eigenvalue weighted by Crippen LogP contribution is -2.25. The molecular weight excluding hydrogens is 362 g/mol. The average molecular weight is 394 g/mol. The van der Waals surface area contributed by atoms with Crippen molar-refractivity contribution in [1.82, 2.24) is 4.90 Å². The third kappa shape index (κ3) is 6.49. The Balaban J connectivity index is 1.82. The zero-order valence-corrected chi connectivity index (χ0v) is 17.8. The van der Waals surface area contributed by atoms with Gasteiger partial charge in [0.05, 0.1) is 5.69 Å². The Hall–Kier alpha value is -3.08. The molecular formula is C24H31N3O2. The number of rotatable bonds is 9. The third-order valence-electron chi connectivity index (χ3n) is 4.85. The van der Waals surface area contributed by atoms with Crippen LogP contribution in [0, 0.1) is 0 Å². The van der Waals surface area contributed by atoms with Crippen molar-refractivity contribution >= 4 is 29.9 Å². The molecule has 5 heteroatoms. The average Bonchev–Trinajstić information content (AvgIpc) is 2.71. The fourth-order valence-corrected chi connectivity index (χ4v) is 2.91. The van der Waals surface area contributed by atoms with Gasteiger partial charge in [0.15, 0.2) is 0 Å². The topological polar surface area (TPSA) is 53.9 Å². The van der Waals surface area contributed by atoms with Crippen LogP contribution in [0.1, 0.15) is 44.2 Å². The Kier molecular flexibility index (Phi) is 8.01. The lowest BCUT2D eigenvalue weighted by atomic mass is 10.0. The number of anilines is 1. The van der Waals surface area contributed by atoms with Crippen LogP contribution >= 0.6 is 0 Å². The maximum Gasteiger partial charge on any atom is 0.411 e. The summed E-state index contributed by atoms with van der Waals surface area (Å²) in [6.07, 6.45) is 0.00396. The van der Waals surface area contributed by atoms with Gasteiger partial charge < -0.3 is 9.64 Å².